The van der Waals surface area contributed by atoms with Gasteiger partial charge in [-0.15, -0.1) is 0 Å². The van der Waals surface area contributed by atoms with E-state index in [4.69, 9.17) is 0 Å². The van der Waals surface area contributed by atoms with Gasteiger partial charge in [-0.1, -0.05) is 0 Å². The molecule has 2 rings (SSSR count). The van der Waals surface area contributed by atoms with Gasteiger partial charge in [0.25, 0.3) is 0 Å². The van der Waals surface area contributed by atoms with E-state index in [2.05, 4.69) is 10.2 Å². The first kappa shape index (κ1) is 11.9. The second kappa shape index (κ2) is 5.15. The van der Waals surface area contributed by atoms with Crippen molar-refractivity contribution in [2.24, 2.45) is 5.92 Å². The fraction of sp³-hybridized carbons (Fsp3) is 0.917. The molecule has 16 heavy (non-hydrogen) atoms. The van der Waals surface area contributed by atoms with Crippen molar-refractivity contribution in [3.63, 3.8) is 0 Å². The molecule has 2 aliphatic rings. The normalized spacial score (nSPS) is 32.8. The number of piperidine rings is 1. The number of fused-ring (bicyclic) bond motifs is 2. The number of likely N-dealkylation sites (N-methyl/N-ethyl adjacent to an activating group) is 1. The molecule has 2 bridgehead atoms. The zero-order valence-electron chi connectivity index (χ0n) is 10.4. The van der Waals surface area contributed by atoms with Gasteiger partial charge in [0.2, 0.25) is 5.91 Å². The zero-order valence-corrected chi connectivity index (χ0v) is 10.4. The summed E-state index contributed by atoms with van der Waals surface area (Å²) in [6, 6.07) is 0.563. The quantitative estimate of drug-likeness (QED) is 0.740. The molecule has 4 heteroatoms. The van der Waals surface area contributed by atoms with Crippen LogP contribution in [0.4, 0.5) is 0 Å². The lowest BCUT2D eigenvalue weighted by molar-refractivity contribution is -0.129. The molecular formula is C12H23N3O. The Morgan fingerprint density at radius 3 is 2.94 bits per heavy atom. The number of nitrogens with one attached hydrogen (secondary N) is 1. The highest BCUT2D eigenvalue weighted by atomic mass is 16.2. The molecule has 0 aromatic rings. The van der Waals surface area contributed by atoms with Crippen LogP contribution in [-0.4, -0.2) is 61.5 Å². The number of hydrogen-bond donors (Lipinski definition) is 1. The van der Waals surface area contributed by atoms with Gasteiger partial charge in [0.05, 0.1) is 6.54 Å². The second-order valence-corrected chi connectivity index (χ2v) is 5.03. The van der Waals surface area contributed by atoms with Crippen molar-refractivity contribution in [3.05, 3.63) is 0 Å². The molecule has 0 aromatic carbocycles. The summed E-state index contributed by atoms with van der Waals surface area (Å²) >= 11 is 0. The molecule has 3 atom stereocenters. The first-order valence-corrected chi connectivity index (χ1v) is 6.40. The average molecular weight is 225 g/mol. The molecule has 2 saturated heterocycles. The average Bonchev–Trinajstić information content (AvgIpc) is 2.69. The van der Waals surface area contributed by atoms with Crippen LogP contribution in [0.5, 0.6) is 0 Å². The van der Waals surface area contributed by atoms with Gasteiger partial charge in [-0.3, -0.25) is 4.79 Å². The molecular weight excluding hydrogens is 202 g/mol. The van der Waals surface area contributed by atoms with Crippen molar-refractivity contribution in [2.75, 3.05) is 39.8 Å². The lowest BCUT2D eigenvalue weighted by Crippen LogP contribution is -2.47. The molecule has 2 fully saturated rings. The number of carbonyl (C=O) groups is 1. The maximum atomic E-state index is 11.7. The third-order valence-corrected chi connectivity index (χ3v) is 4.05. The summed E-state index contributed by atoms with van der Waals surface area (Å²) in [6.45, 7) is 6.99. The highest BCUT2D eigenvalue weighted by Gasteiger charge is 2.34. The smallest absolute Gasteiger partial charge is 0.236 e. The van der Waals surface area contributed by atoms with Crippen LogP contribution in [0.3, 0.4) is 0 Å². The molecule has 0 saturated carbocycles. The Bertz CT molecular complexity index is 257. The first-order valence-electron chi connectivity index (χ1n) is 6.40. The Morgan fingerprint density at radius 2 is 2.19 bits per heavy atom. The van der Waals surface area contributed by atoms with Crippen molar-refractivity contribution in [1.82, 2.24) is 15.1 Å². The van der Waals surface area contributed by atoms with Crippen molar-refractivity contribution in [3.8, 4) is 0 Å². The monoisotopic (exact) mass is 225 g/mol. The van der Waals surface area contributed by atoms with Crippen LogP contribution in [0.2, 0.25) is 0 Å². The van der Waals surface area contributed by atoms with E-state index in [-0.39, 0.29) is 5.91 Å². The molecule has 1 N–H and O–H groups in total. The molecule has 0 aliphatic carbocycles. The Morgan fingerprint density at radius 1 is 1.44 bits per heavy atom. The Labute approximate surface area is 98.0 Å². The van der Waals surface area contributed by atoms with Gasteiger partial charge in [-0.05, 0) is 38.8 Å². The summed E-state index contributed by atoms with van der Waals surface area (Å²) in [5.41, 5.74) is 0. The highest BCUT2D eigenvalue weighted by molar-refractivity contribution is 5.77. The van der Waals surface area contributed by atoms with Gasteiger partial charge in [0.1, 0.15) is 0 Å². The van der Waals surface area contributed by atoms with E-state index in [1.165, 1.54) is 32.5 Å². The second-order valence-electron chi connectivity index (χ2n) is 5.03. The third kappa shape index (κ3) is 2.55. The fourth-order valence-electron chi connectivity index (χ4n) is 2.75. The minimum atomic E-state index is 0.211. The summed E-state index contributed by atoms with van der Waals surface area (Å²) in [6.07, 6.45) is 2.50. The zero-order chi connectivity index (χ0) is 11.5. The molecule has 0 radical (unpaired) electrons. The largest absolute Gasteiger partial charge is 0.345 e. The Hall–Kier alpha value is -0.610. The van der Waals surface area contributed by atoms with Crippen LogP contribution >= 0.6 is 0 Å². The summed E-state index contributed by atoms with van der Waals surface area (Å²) < 4.78 is 0. The van der Waals surface area contributed by atoms with Crippen molar-refractivity contribution < 1.29 is 4.79 Å². The Kier molecular flexibility index (Phi) is 3.82. The summed E-state index contributed by atoms with van der Waals surface area (Å²) in [5.74, 6) is 0.983. The molecule has 92 valence electrons. The summed E-state index contributed by atoms with van der Waals surface area (Å²) in [5, 5.41) is 3.45. The van der Waals surface area contributed by atoms with E-state index in [1.54, 1.807) is 4.90 Å². The number of rotatable bonds is 4. The molecule has 0 aromatic heterocycles. The molecule has 3 unspecified atom stereocenters. The SMILES string of the molecule is CCN(C)C(=O)CNC1CCN2CCC1C2. The standard InChI is InChI=1S/C12H23N3O/c1-3-14(2)12(16)8-13-11-5-7-15-6-4-10(11)9-15/h10-11,13H,3-9H2,1-2H3. The number of carbonyl (C=O) groups excluding carboxylic acids is 1. The van der Waals surface area contributed by atoms with Gasteiger partial charge in [-0.2, -0.15) is 0 Å². The van der Waals surface area contributed by atoms with E-state index in [0.29, 0.717) is 12.6 Å². The van der Waals surface area contributed by atoms with Crippen LogP contribution < -0.4 is 5.32 Å². The predicted octanol–water partition coefficient (Wildman–Crippen LogP) is 0.149. The van der Waals surface area contributed by atoms with Gasteiger partial charge >= 0.3 is 0 Å². The topological polar surface area (TPSA) is 35.6 Å². The van der Waals surface area contributed by atoms with Crippen LogP contribution in [-0.2, 0) is 4.79 Å². The van der Waals surface area contributed by atoms with Crippen LogP contribution in [0.25, 0.3) is 0 Å². The molecule has 2 aliphatic heterocycles. The minimum absolute atomic E-state index is 0.211. The van der Waals surface area contributed by atoms with Crippen molar-refractivity contribution in [2.45, 2.75) is 25.8 Å². The van der Waals surface area contributed by atoms with Crippen molar-refractivity contribution in [1.29, 1.82) is 0 Å². The van der Waals surface area contributed by atoms with E-state index >= 15 is 0 Å². The molecule has 1 amide bonds. The first-order chi connectivity index (χ1) is 7.70. The van der Waals surface area contributed by atoms with E-state index in [1.807, 2.05) is 14.0 Å². The maximum Gasteiger partial charge on any atom is 0.236 e. The van der Waals surface area contributed by atoms with Crippen LogP contribution in [0.1, 0.15) is 19.8 Å². The highest BCUT2D eigenvalue weighted by Crippen LogP contribution is 2.26. The van der Waals surface area contributed by atoms with Gasteiger partial charge < -0.3 is 15.1 Å². The number of nitrogens with zero attached hydrogens (tertiary/aromatic N) is 2. The molecule has 0 spiro atoms. The maximum absolute atomic E-state index is 11.7. The summed E-state index contributed by atoms with van der Waals surface area (Å²) in [4.78, 5) is 16.0. The van der Waals surface area contributed by atoms with E-state index in [9.17, 15) is 4.79 Å². The van der Waals surface area contributed by atoms with Gasteiger partial charge in [0.15, 0.2) is 0 Å². The lowest BCUT2D eigenvalue weighted by Gasteiger charge is -2.31. The lowest BCUT2D eigenvalue weighted by atomic mass is 9.94. The van der Waals surface area contributed by atoms with Gasteiger partial charge in [-0.25, -0.2) is 0 Å². The minimum Gasteiger partial charge on any atom is -0.345 e. The predicted molar refractivity (Wildman–Crippen MR) is 64.3 cm³/mol. The van der Waals surface area contributed by atoms with Gasteiger partial charge in [0, 0.05) is 26.2 Å². The third-order valence-electron chi connectivity index (χ3n) is 4.05. The molecule has 4 nitrogen and oxygen atoms in total. The number of amides is 1. The number of hydrogen-bond acceptors (Lipinski definition) is 3. The van der Waals surface area contributed by atoms with Crippen molar-refractivity contribution >= 4 is 5.91 Å². The van der Waals surface area contributed by atoms with Crippen LogP contribution in [0, 0.1) is 5.92 Å². The van der Waals surface area contributed by atoms with Crippen LogP contribution in [0.15, 0.2) is 0 Å². The fourth-order valence-corrected chi connectivity index (χ4v) is 2.75. The summed E-state index contributed by atoms with van der Waals surface area (Å²) in [7, 11) is 1.86. The Balaban J connectivity index is 1.75. The van der Waals surface area contributed by atoms with E-state index < -0.39 is 0 Å². The molecule has 2 heterocycles. The van der Waals surface area contributed by atoms with E-state index in [0.717, 1.165) is 12.5 Å².